The Balaban J connectivity index is 3.60. The molecule has 0 aliphatic carbocycles. The van der Waals surface area contributed by atoms with Crippen LogP contribution < -0.4 is 5.32 Å². The lowest BCUT2D eigenvalue weighted by atomic mass is 9.99. The van der Waals surface area contributed by atoms with E-state index < -0.39 is 11.6 Å². The van der Waals surface area contributed by atoms with Gasteiger partial charge in [-0.15, -0.1) is 0 Å². The zero-order chi connectivity index (χ0) is 17.9. The lowest BCUT2D eigenvalue weighted by Gasteiger charge is -2.17. The van der Waals surface area contributed by atoms with E-state index in [1.807, 2.05) is 13.8 Å². The Kier molecular flexibility index (Phi) is 10.2. The van der Waals surface area contributed by atoms with Gasteiger partial charge in [-0.2, -0.15) is 0 Å². The Morgan fingerprint density at radius 2 is 1.61 bits per heavy atom. The molecular weight excluding hydrogens is 298 g/mol. The van der Waals surface area contributed by atoms with E-state index in [1.54, 1.807) is 0 Å². The molecule has 0 saturated carbocycles. The molecule has 134 valence electrons. The van der Waals surface area contributed by atoms with Crippen LogP contribution in [0.1, 0.15) is 65.2 Å². The summed E-state index contributed by atoms with van der Waals surface area (Å²) in [5.41, 5.74) is -0.587. The Morgan fingerprint density at radius 1 is 1.09 bits per heavy atom. The molecule has 4 N–H and O–H groups in total. The number of aliphatic hydroxyl groups is 1. The van der Waals surface area contributed by atoms with Gasteiger partial charge in [-0.05, 0) is 26.7 Å². The van der Waals surface area contributed by atoms with Crippen molar-refractivity contribution < 1.29 is 19.8 Å². The number of guanidine groups is 1. The molecule has 0 fully saturated rings. The zero-order valence-electron chi connectivity index (χ0n) is 14.5. The molecule has 0 aromatic carbocycles. The van der Waals surface area contributed by atoms with Crippen LogP contribution in [0.25, 0.3) is 0 Å². The number of rotatable bonds is 11. The molecule has 0 heterocycles. The molecule has 0 unspecified atom stereocenters. The van der Waals surface area contributed by atoms with E-state index >= 15 is 0 Å². The third-order valence-corrected chi connectivity index (χ3v) is 3.45. The van der Waals surface area contributed by atoms with Crippen molar-refractivity contribution in [2.45, 2.75) is 70.8 Å². The standard InChI is InChI=1S/C16H31N3O4/c1-16(2,23)11-9-7-5-4-6-8-10-13(20)18-15(17)19(3)12-14(21)22/h23H,4-12H2,1-3H3,(H,21,22)(H2,17,18,20). The maximum atomic E-state index is 11.6. The smallest absolute Gasteiger partial charge is 0.323 e. The molecule has 23 heavy (non-hydrogen) atoms. The van der Waals surface area contributed by atoms with Gasteiger partial charge in [0.15, 0.2) is 5.96 Å². The molecule has 0 rings (SSSR count). The van der Waals surface area contributed by atoms with Crippen molar-refractivity contribution in [3.63, 3.8) is 0 Å². The molecule has 0 aromatic heterocycles. The fraction of sp³-hybridized carbons (Fsp3) is 0.812. The Labute approximate surface area is 138 Å². The number of carboxylic acid groups (broad SMARTS) is 1. The summed E-state index contributed by atoms with van der Waals surface area (Å²) in [7, 11) is 1.45. The minimum absolute atomic E-state index is 0.191. The molecule has 7 nitrogen and oxygen atoms in total. The highest BCUT2D eigenvalue weighted by molar-refractivity contribution is 5.96. The first-order valence-electron chi connectivity index (χ1n) is 8.15. The SMILES string of the molecule is CN(CC(=O)O)C(=N)NC(=O)CCCCCCCCC(C)(C)O. The van der Waals surface area contributed by atoms with Gasteiger partial charge >= 0.3 is 5.97 Å². The van der Waals surface area contributed by atoms with Crippen molar-refractivity contribution in [1.29, 1.82) is 5.41 Å². The number of unbranched alkanes of at least 4 members (excludes halogenated alkanes) is 5. The van der Waals surface area contributed by atoms with E-state index in [9.17, 15) is 14.7 Å². The van der Waals surface area contributed by atoms with E-state index in [4.69, 9.17) is 10.5 Å². The maximum Gasteiger partial charge on any atom is 0.323 e. The predicted molar refractivity (Wildman–Crippen MR) is 89.4 cm³/mol. The fourth-order valence-electron chi connectivity index (χ4n) is 2.12. The minimum atomic E-state index is -1.05. The highest BCUT2D eigenvalue weighted by Crippen LogP contribution is 2.15. The second-order valence-corrected chi connectivity index (χ2v) is 6.58. The molecule has 1 amide bonds. The molecule has 0 radical (unpaired) electrons. The van der Waals surface area contributed by atoms with Crippen molar-refractivity contribution >= 4 is 17.8 Å². The van der Waals surface area contributed by atoms with Gasteiger partial charge in [-0.1, -0.05) is 32.1 Å². The van der Waals surface area contributed by atoms with Crippen LogP contribution in [0.5, 0.6) is 0 Å². The summed E-state index contributed by atoms with van der Waals surface area (Å²) in [5.74, 6) is -1.49. The predicted octanol–water partition coefficient (Wildman–Crippen LogP) is 1.95. The number of nitrogens with zero attached hydrogens (tertiary/aromatic N) is 1. The van der Waals surface area contributed by atoms with Crippen LogP contribution in [-0.2, 0) is 9.59 Å². The van der Waals surface area contributed by atoms with Crippen molar-refractivity contribution in [1.82, 2.24) is 10.2 Å². The number of carbonyl (C=O) groups is 2. The van der Waals surface area contributed by atoms with Crippen LogP contribution in [0.2, 0.25) is 0 Å². The largest absolute Gasteiger partial charge is 0.480 e. The second-order valence-electron chi connectivity index (χ2n) is 6.58. The molecule has 0 aliphatic rings. The molecule has 0 spiro atoms. The summed E-state index contributed by atoms with van der Waals surface area (Å²) in [6, 6.07) is 0. The van der Waals surface area contributed by atoms with Gasteiger partial charge in [0.05, 0.1) is 5.60 Å². The van der Waals surface area contributed by atoms with Gasteiger partial charge in [0.1, 0.15) is 6.54 Å². The number of aliphatic carboxylic acids is 1. The first kappa shape index (κ1) is 21.4. The summed E-state index contributed by atoms with van der Waals surface area (Å²) in [5, 5.41) is 28.2. The molecule has 0 aromatic rings. The van der Waals surface area contributed by atoms with E-state index in [2.05, 4.69) is 5.32 Å². The molecule has 7 heteroatoms. The van der Waals surface area contributed by atoms with E-state index in [0.717, 1.165) is 44.9 Å². The molecule has 0 aliphatic heterocycles. The number of carboxylic acids is 1. The normalized spacial score (nSPS) is 11.1. The van der Waals surface area contributed by atoms with Crippen molar-refractivity contribution in [3.05, 3.63) is 0 Å². The number of hydrogen-bond acceptors (Lipinski definition) is 4. The maximum absolute atomic E-state index is 11.6. The average molecular weight is 329 g/mol. The Hall–Kier alpha value is -1.63. The third-order valence-electron chi connectivity index (χ3n) is 3.45. The van der Waals surface area contributed by atoms with Gasteiger partial charge < -0.3 is 15.1 Å². The summed E-state index contributed by atoms with van der Waals surface area (Å²) in [6.45, 7) is 3.32. The van der Waals surface area contributed by atoms with Crippen LogP contribution >= 0.6 is 0 Å². The number of nitrogens with one attached hydrogen (secondary N) is 2. The molecule has 0 atom stereocenters. The third kappa shape index (κ3) is 13.7. The second kappa shape index (κ2) is 11.0. The number of carbonyl (C=O) groups excluding carboxylic acids is 1. The Bertz CT molecular complexity index is 391. The lowest BCUT2D eigenvalue weighted by molar-refractivity contribution is -0.137. The molecule has 0 saturated heterocycles. The summed E-state index contributed by atoms with van der Waals surface area (Å²) >= 11 is 0. The van der Waals surface area contributed by atoms with Gasteiger partial charge in [-0.3, -0.25) is 20.3 Å². The summed E-state index contributed by atoms with van der Waals surface area (Å²) in [6.07, 6.45) is 7.10. The number of amides is 1. The van der Waals surface area contributed by atoms with Gasteiger partial charge in [0.25, 0.3) is 0 Å². The highest BCUT2D eigenvalue weighted by Gasteiger charge is 2.12. The van der Waals surface area contributed by atoms with Crippen LogP contribution in [0, 0.1) is 5.41 Å². The fourth-order valence-corrected chi connectivity index (χ4v) is 2.12. The van der Waals surface area contributed by atoms with Crippen LogP contribution in [-0.4, -0.2) is 52.1 Å². The monoisotopic (exact) mass is 329 g/mol. The first-order chi connectivity index (χ1) is 10.6. The van der Waals surface area contributed by atoms with E-state index in [0.29, 0.717) is 6.42 Å². The Morgan fingerprint density at radius 3 is 2.13 bits per heavy atom. The lowest BCUT2D eigenvalue weighted by Crippen LogP contribution is -2.43. The van der Waals surface area contributed by atoms with Crippen LogP contribution in [0.15, 0.2) is 0 Å². The van der Waals surface area contributed by atoms with Gasteiger partial charge in [0, 0.05) is 13.5 Å². The summed E-state index contributed by atoms with van der Waals surface area (Å²) in [4.78, 5) is 23.3. The molecular formula is C16H31N3O4. The van der Waals surface area contributed by atoms with Crippen molar-refractivity contribution in [3.8, 4) is 0 Å². The molecule has 0 bridgehead atoms. The number of likely N-dealkylation sites (N-methyl/N-ethyl adjacent to an activating group) is 1. The quantitative estimate of drug-likeness (QED) is 0.263. The van der Waals surface area contributed by atoms with Crippen LogP contribution in [0.4, 0.5) is 0 Å². The van der Waals surface area contributed by atoms with Crippen molar-refractivity contribution in [2.75, 3.05) is 13.6 Å². The minimum Gasteiger partial charge on any atom is -0.480 e. The zero-order valence-corrected chi connectivity index (χ0v) is 14.5. The highest BCUT2D eigenvalue weighted by atomic mass is 16.4. The average Bonchev–Trinajstić information content (AvgIpc) is 2.39. The van der Waals surface area contributed by atoms with Crippen LogP contribution in [0.3, 0.4) is 0 Å². The van der Waals surface area contributed by atoms with Gasteiger partial charge in [0.2, 0.25) is 5.91 Å². The van der Waals surface area contributed by atoms with E-state index in [1.165, 1.54) is 11.9 Å². The topological polar surface area (TPSA) is 114 Å². The first-order valence-corrected chi connectivity index (χ1v) is 8.15. The van der Waals surface area contributed by atoms with Crippen molar-refractivity contribution in [2.24, 2.45) is 0 Å². The number of hydrogen-bond donors (Lipinski definition) is 4. The van der Waals surface area contributed by atoms with E-state index in [-0.39, 0.29) is 18.4 Å². The van der Waals surface area contributed by atoms with Gasteiger partial charge in [-0.25, -0.2) is 0 Å². The summed E-state index contributed by atoms with van der Waals surface area (Å²) < 4.78 is 0.